The summed E-state index contributed by atoms with van der Waals surface area (Å²) in [6.45, 7) is 6.14. The van der Waals surface area contributed by atoms with Gasteiger partial charge in [0.25, 0.3) is 0 Å². The summed E-state index contributed by atoms with van der Waals surface area (Å²) in [4.78, 5) is 54.3. The van der Waals surface area contributed by atoms with E-state index in [9.17, 15) is 27.6 Å². The molecule has 0 spiro atoms. The van der Waals surface area contributed by atoms with Crippen molar-refractivity contribution >= 4 is 50.1 Å². The first-order chi connectivity index (χ1) is 25.0. The predicted molar refractivity (Wildman–Crippen MR) is 206 cm³/mol. The zero-order valence-electron chi connectivity index (χ0n) is 31.8. The summed E-state index contributed by atoms with van der Waals surface area (Å²) < 4.78 is 28.9. The third kappa shape index (κ3) is 11.2. The molecular weight excluding hydrogens is 679 g/mol. The number of sulfonamides is 1. The molecule has 0 radical (unpaired) electrons. The van der Waals surface area contributed by atoms with Gasteiger partial charge in [0.1, 0.15) is 0 Å². The molecule has 1 saturated carbocycles. The van der Waals surface area contributed by atoms with Crippen molar-refractivity contribution in [1.29, 1.82) is 0 Å². The zero-order valence-corrected chi connectivity index (χ0v) is 32.6. The van der Waals surface area contributed by atoms with Gasteiger partial charge in [-0.25, -0.2) is 13.1 Å². The van der Waals surface area contributed by atoms with Crippen LogP contribution < -0.4 is 20.3 Å². The van der Waals surface area contributed by atoms with Crippen LogP contribution in [-0.2, 0) is 29.2 Å². The number of hydrogen-bond donors (Lipinski definition) is 3. The molecule has 2 aliphatic rings. The van der Waals surface area contributed by atoms with Crippen LogP contribution in [0.4, 0.5) is 5.69 Å². The Kier molecular flexibility index (Phi) is 15.9. The van der Waals surface area contributed by atoms with Gasteiger partial charge in [0.05, 0.1) is 10.8 Å². The summed E-state index contributed by atoms with van der Waals surface area (Å²) in [5, 5.41) is 7.60. The molecule has 52 heavy (non-hydrogen) atoms. The number of imide groups is 1. The number of unbranched alkanes of at least 4 members (excludes halogenated alkanes) is 4. The molecule has 4 rings (SSSR count). The van der Waals surface area contributed by atoms with E-state index >= 15 is 0 Å². The van der Waals surface area contributed by atoms with Gasteiger partial charge in [-0.15, -0.1) is 0 Å². The highest BCUT2D eigenvalue weighted by Gasteiger charge is 2.42. The molecule has 1 atom stereocenters. The van der Waals surface area contributed by atoms with Gasteiger partial charge in [0.2, 0.25) is 33.7 Å². The molecule has 2 aromatic carbocycles. The Morgan fingerprint density at radius 2 is 1.46 bits per heavy atom. The number of nitrogens with zero attached hydrogens (tertiary/aromatic N) is 2. The molecule has 3 N–H and O–H groups in total. The third-order valence-corrected chi connectivity index (χ3v) is 12.6. The Bertz CT molecular complexity index is 1620. The van der Waals surface area contributed by atoms with Gasteiger partial charge in [-0.05, 0) is 75.3 Å². The van der Waals surface area contributed by atoms with Gasteiger partial charge in [0, 0.05) is 75.5 Å². The van der Waals surface area contributed by atoms with E-state index in [0.29, 0.717) is 50.8 Å². The maximum Gasteiger partial charge on any atom is 0.241 e. The van der Waals surface area contributed by atoms with Crippen molar-refractivity contribution < 1.29 is 27.6 Å². The third-order valence-electron chi connectivity index (χ3n) is 11.0. The molecule has 0 bridgehead atoms. The van der Waals surface area contributed by atoms with Crippen molar-refractivity contribution in [2.45, 2.75) is 109 Å². The molecule has 12 heteroatoms. The first-order valence-electron chi connectivity index (χ1n) is 19.5. The van der Waals surface area contributed by atoms with Crippen molar-refractivity contribution in [3.63, 3.8) is 0 Å². The molecule has 1 aliphatic carbocycles. The lowest BCUT2D eigenvalue weighted by molar-refractivity contribution is -0.141. The second kappa shape index (κ2) is 20.1. The highest BCUT2D eigenvalue weighted by Crippen LogP contribution is 2.35. The molecule has 2 fully saturated rings. The summed E-state index contributed by atoms with van der Waals surface area (Å²) >= 11 is 0. The lowest BCUT2D eigenvalue weighted by atomic mass is 9.81. The smallest absolute Gasteiger partial charge is 0.241 e. The van der Waals surface area contributed by atoms with E-state index in [1.807, 2.05) is 43.3 Å². The fraction of sp³-hybridized carbons (Fsp3) is 0.650. The Morgan fingerprint density at radius 1 is 0.827 bits per heavy atom. The minimum atomic E-state index is -3.66. The number of likely N-dealkylation sites (tertiary alicyclic amines) is 1. The molecular formula is C40H61N5O6S. The summed E-state index contributed by atoms with van der Waals surface area (Å²) in [6, 6.07) is 11.0. The molecule has 1 heterocycles. The van der Waals surface area contributed by atoms with Gasteiger partial charge in [-0.1, -0.05) is 63.8 Å². The minimum absolute atomic E-state index is 0.00373. The van der Waals surface area contributed by atoms with Gasteiger partial charge < -0.3 is 15.5 Å². The Morgan fingerprint density at radius 3 is 2.15 bits per heavy atom. The molecule has 0 aromatic heterocycles. The van der Waals surface area contributed by atoms with E-state index in [0.717, 1.165) is 81.7 Å². The van der Waals surface area contributed by atoms with Crippen LogP contribution in [0.2, 0.25) is 0 Å². The number of carbonyl (C=O) groups excluding carboxylic acids is 4. The monoisotopic (exact) mass is 739 g/mol. The molecule has 11 nitrogen and oxygen atoms in total. The second-order valence-electron chi connectivity index (χ2n) is 14.9. The number of carbonyl (C=O) groups is 4. The summed E-state index contributed by atoms with van der Waals surface area (Å²) in [5.74, 6) is 0.408. The fourth-order valence-corrected chi connectivity index (χ4v) is 9.15. The average Bonchev–Trinajstić information content (AvgIpc) is 3.40. The maximum absolute atomic E-state index is 13.1. The van der Waals surface area contributed by atoms with Crippen molar-refractivity contribution in [3.8, 4) is 0 Å². The van der Waals surface area contributed by atoms with Gasteiger partial charge >= 0.3 is 0 Å². The fourth-order valence-electron chi connectivity index (χ4n) is 7.85. The Balaban J connectivity index is 1.00. The van der Waals surface area contributed by atoms with Crippen molar-refractivity contribution in [3.05, 3.63) is 36.4 Å². The Labute approximate surface area is 311 Å². The highest BCUT2D eigenvalue weighted by atomic mass is 32.2. The van der Waals surface area contributed by atoms with Crippen molar-refractivity contribution in [2.75, 3.05) is 45.2 Å². The van der Waals surface area contributed by atoms with Gasteiger partial charge in [0.15, 0.2) is 0 Å². The number of benzene rings is 2. The van der Waals surface area contributed by atoms with Crippen molar-refractivity contribution in [1.82, 2.24) is 20.3 Å². The first kappa shape index (κ1) is 41.2. The van der Waals surface area contributed by atoms with Crippen molar-refractivity contribution in [2.24, 2.45) is 23.7 Å². The summed E-state index contributed by atoms with van der Waals surface area (Å²) in [5.41, 5.74) is 0.964. The van der Waals surface area contributed by atoms with Crippen LogP contribution in [0.5, 0.6) is 0 Å². The maximum atomic E-state index is 13.1. The SMILES string of the molecule is CCC(CC)C1CC(=O)N(CC2CCC(C(=O)NCCCCCC(=O)NCCCCCNS(=O)(=O)c3cccc4c(N(C)C)cccc34)CC2)C1=O. The second-order valence-corrected chi connectivity index (χ2v) is 16.6. The van der Waals surface area contributed by atoms with Crippen LogP contribution in [-0.4, -0.2) is 77.2 Å². The van der Waals surface area contributed by atoms with Gasteiger partial charge in [-0.2, -0.15) is 0 Å². The molecule has 2 aromatic rings. The first-order valence-corrected chi connectivity index (χ1v) is 21.0. The molecule has 1 aliphatic heterocycles. The zero-order chi connectivity index (χ0) is 37.7. The number of rotatable bonds is 21. The predicted octanol–water partition coefficient (Wildman–Crippen LogP) is 5.76. The van der Waals surface area contributed by atoms with E-state index in [2.05, 4.69) is 29.2 Å². The number of amides is 4. The Hall–Kier alpha value is -3.51. The van der Waals surface area contributed by atoms with Crippen LogP contribution in [0.25, 0.3) is 10.8 Å². The van der Waals surface area contributed by atoms with E-state index in [4.69, 9.17) is 0 Å². The molecule has 1 unspecified atom stereocenters. The average molecular weight is 740 g/mol. The van der Waals surface area contributed by atoms with E-state index in [1.54, 1.807) is 12.1 Å². The highest BCUT2D eigenvalue weighted by molar-refractivity contribution is 7.89. The minimum Gasteiger partial charge on any atom is -0.377 e. The molecule has 288 valence electrons. The van der Waals surface area contributed by atoms with Crippen LogP contribution in [0, 0.1) is 23.7 Å². The standard InChI is InChI=1S/C40H61N5O6S/c1-5-30(6-2)34-27-38(47)45(40(34)49)28-29-20-22-31(23-21-29)39(48)42-25-10-7-9-19-37(46)41-24-11-8-12-26-43-52(50,51)36-18-14-15-32-33(36)16-13-17-35(32)44(3)4/h13-18,29-31,34,43H,5-12,19-28H2,1-4H3,(H,41,46)(H,42,48). The quantitative estimate of drug-likeness (QED) is 0.109. The van der Waals surface area contributed by atoms with Crippen LogP contribution in [0.1, 0.15) is 104 Å². The van der Waals surface area contributed by atoms with E-state index in [-0.39, 0.29) is 52.2 Å². The van der Waals surface area contributed by atoms with Crippen LogP contribution in [0.15, 0.2) is 41.3 Å². The lowest BCUT2D eigenvalue weighted by Gasteiger charge is -2.30. The van der Waals surface area contributed by atoms with Crippen LogP contribution in [0.3, 0.4) is 0 Å². The lowest BCUT2D eigenvalue weighted by Crippen LogP contribution is -2.39. The number of hydrogen-bond acceptors (Lipinski definition) is 7. The molecule has 1 saturated heterocycles. The number of anilines is 1. The molecule has 4 amide bonds. The summed E-state index contributed by atoms with van der Waals surface area (Å²) in [6.07, 6.45) is 10.5. The normalized spacial score (nSPS) is 19.4. The summed E-state index contributed by atoms with van der Waals surface area (Å²) in [7, 11) is 0.214. The topological polar surface area (TPSA) is 145 Å². The van der Waals surface area contributed by atoms with Gasteiger partial charge in [-0.3, -0.25) is 24.1 Å². The van der Waals surface area contributed by atoms with E-state index < -0.39 is 10.0 Å². The largest absolute Gasteiger partial charge is 0.377 e. The number of fused-ring (bicyclic) bond motifs is 1. The number of nitrogens with one attached hydrogen (secondary N) is 3. The van der Waals surface area contributed by atoms with E-state index in [1.165, 1.54) is 4.90 Å². The van der Waals surface area contributed by atoms with Crippen LogP contribution >= 0.6 is 0 Å².